The highest BCUT2D eigenvalue weighted by Gasteiger charge is 2.16. The summed E-state index contributed by atoms with van der Waals surface area (Å²) in [4.78, 5) is 0.795. The Kier molecular flexibility index (Phi) is 5.98. The van der Waals surface area contributed by atoms with Crippen molar-refractivity contribution in [3.05, 3.63) is 51.5 Å². The first-order valence-corrected chi connectivity index (χ1v) is 9.33. The second kappa shape index (κ2) is 7.58. The largest absolute Gasteiger partial charge is 0.612 e. The third kappa shape index (κ3) is 4.01. The zero-order chi connectivity index (χ0) is 17.1. The lowest BCUT2D eigenvalue weighted by Gasteiger charge is -2.17. The molecule has 124 valence electrons. The van der Waals surface area contributed by atoms with Crippen LogP contribution in [0.5, 0.6) is 11.5 Å². The molecule has 2 rings (SSSR count). The highest BCUT2D eigenvalue weighted by Crippen LogP contribution is 2.34. The topological polar surface area (TPSA) is 44.3 Å². The van der Waals surface area contributed by atoms with E-state index < -0.39 is 11.2 Å². The quantitative estimate of drug-likeness (QED) is 0.806. The van der Waals surface area contributed by atoms with Crippen LogP contribution in [0.15, 0.2) is 29.2 Å². The number of benzene rings is 2. The molecule has 0 heterocycles. The van der Waals surface area contributed by atoms with Crippen LogP contribution in [0, 0.1) is 20.8 Å². The first kappa shape index (κ1) is 18.1. The van der Waals surface area contributed by atoms with Crippen molar-refractivity contribution in [2.24, 2.45) is 0 Å². The van der Waals surface area contributed by atoms with Gasteiger partial charge in [0.05, 0.1) is 0 Å². The summed E-state index contributed by atoms with van der Waals surface area (Å²) in [5.74, 6) is 1.49. The summed E-state index contributed by atoms with van der Waals surface area (Å²) in [7, 11) is 1.89. The van der Waals surface area contributed by atoms with Gasteiger partial charge in [-0.2, -0.15) is 0 Å². The van der Waals surface area contributed by atoms with Crippen LogP contribution in [0.25, 0.3) is 0 Å². The molecule has 0 spiro atoms. The number of halogens is 1. The highest BCUT2D eigenvalue weighted by molar-refractivity contribution is 7.90. The lowest BCUT2D eigenvalue weighted by atomic mass is 10.1. The lowest BCUT2D eigenvalue weighted by molar-refractivity contribution is 0.468. The second-order valence-corrected chi connectivity index (χ2v) is 7.36. The lowest BCUT2D eigenvalue weighted by Crippen LogP contribution is -2.09. The molecule has 5 heteroatoms. The molecule has 1 atom stereocenters. The second-order valence-electron chi connectivity index (χ2n) is 5.61. The fourth-order valence-corrected chi connectivity index (χ4v) is 3.44. The smallest absolute Gasteiger partial charge is 0.159 e. The standard InChI is InChI=1S/C18H22ClNO2S/c1-11-8-14(10-20-4)17(9-18(11)23(5)21)22-16-7-6-15(19)12(2)13(16)3/h6-9,20H,10H2,1-5H3. The molecule has 0 aliphatic rings. The normalized spacial score (nSPS) is 12.3. The van der Waals surface area contributed by atoms with Gasteiger partial charge >= 0.3 is 0 Å². The summed E-state index contributed by atoms with van der Waals surface area (Å²) in [5.41, 5.74) is 4.05. The molecule has 0 bridgehead atoms. The third-order valence-electron chi connectivity index (χ3n) is 3.93. The van der Waals surface area contributed by atoms with E-state index in [0.717, 1.165) is 43.7 Å². The van der Waals surface area contributed by atoms with E-state index >= 15 is 0 Å². The van der Waals surface area contributed by atoms with Crippen LogP contribution in [-0.4, -0.2) is 17.9 Å². The minimum Gasteiger partial charge on any atom is -0.612 e. The van der Waals surface area contributed by atoms with Crippen molar-refractivity contribution in [1.82, 2.24) is 5.32 Å². The average Bonchev–Trinajstić information content (AvgIpc) is 2.50. The molecule has 1 unspecified atom stereocenters. The molecule has 0 saturated carbocycles. The Balaban J connectivity index is 2.49. The summed E-state index contributed by atoms with van der Waals surface area (Å²) in [6.07, 6.45) is 1.68. The summed E-state index contributed by atoms with van der Waals surface area (Å²) in [6, 6.07) is 7.61. The van der Waals surface area contributed by atoms with Crippen molar-refractivity contribution in [2.75, 3.05) is 13.3 Å². The SMILES string of the molecule is CNCc1cc(C)c([S+](C)[O-])cc1Oc1ccc(Cl)c(C)c1C. The fraction of sp³-hybridized carbons (Fsp3) is 0.333. The maximum absolute atomic E-state index is 11.9. The Morgan fingerprint density at radius 1 is 1.13 bits per heavy atom. The van der Waals surface area contributed by atoms with E-state index in [2.05, 4.69) is 5.32 Å². The number of hydrogen-bond donors (Lipinski definition) is 1. The summed E-state index contributed by atoms with van der Waals surface area (Å²) >= 11 is 5.10. The fourth-order valence-electron chi connectivity index (χ4n) is 2.45. The summed E-state index contributed by atoms with van der Waals surface area (Å²) in [6.45, 7) is 6.61. The van der Waals surface area contributed by atoms with Crippen molar-refractivity contribution in [2.45, 2.75) is 32.2 Å². The molecule has 23 heavy (non-hydrogen) atoms. The molecule has 2 aromatic rings. The van der Waals surface area contributed by atoms with E-state index in [0.29, 0.717) is 6.54 Å². The molecule has 0 fully saturated rings. The van der Waals surface area contributed by atoms with Crippen molar-refractivity contribution < 1.29 is 9.29 Å². The number of ether oxygens (including phenoxy) is 1. The van der Waals surface area contributed by atoms with Gasteiger partial charge in [-0.1, -0.05) is 11.6 Å². The number of rotatable bonds is 5. The Hall–Kier alpha value is -1.20. The molecule has 2 aromatic carbocycles. The minimum absolute atomic E-state index is 0.679. The molecule has 0 aliphatic heterocycles. The van der Waals surface area contributed by atoms with Crippen molar-refractivity contribution in [1.29, 1.82) is 0 Å². The van der Waals surface area contributed by atoms with E-state index in [1.54, 1.807) is 6.26 Å². The Labute approximate surface area is 146 Å². The Morgan fingerprint density at radius 2 is 1.83 bits per heavy atom. The number of nitrogens with one attached hydrogen (secondary N) is 1. The molecular weight excluding hydrogens is 330 g/mol. The maximum atomic E-state index is 11.9. The van der Waals surface area contributed by atoms with Crippen molar-refractivity contribution in [3.63, 3.8) is 0 Å². The van der Waals surface area contributed by atoms with Crippen LogP contribution in [0.2, 0.25) is 5.02 Å². The highest BCUT2D eigenvalue weighted by atomic mass is 35.5. The Morgan fingerprint density at radius 3 is 2.43 bits per heavy atom. The van der Waals surface area contributed by atoms with E-state index in [1.165, 1.54) is 0 Å². The summed E-state index contributed by atoms with van der Waals surface area (Å²) < 4.78 is 18.1. The van der Waals surface area contributed by atoms with Gasteiger partial charge in [0, 0.05) is 28.8 Å². The van der Waals surface area contributed by atoms with Gasteiger partial charge in [-0.25, -0.2) is 0 Å². The predicted octanol–water partition coefficient (Wildman–Crippen LogP) is 4.51. The molecule has 0 aliphatic carbocycles. The summed E-state index contributed by atoms with van der Waals surface area (Å²) in [5, 5.41) is 3.87. The molecule has 3 nitrogen and oxygen atoms in total. The van der Waals surface area contributed by atoms with Crippen LogP contribution < -0.4 is 10.1 Å². The molecular formula is C18H22ClNO2S. The van der Waals surface area contributed by atoms with Crippen LogP contribution in [0.4, 0.5) is 0 Å². The van der Waals surface area contributed by atoms with E-state index in [9.17, 15) is 4.55 Å². The van der Waals surface area contributed by atoms with Gasteiger partial charge in [0.25, 0.3) is 0 Å². The molecule has 0 radical (unpaired) electrons. The van der Waals surface area contributed by atoms with Crippen LogP contribution in [0.3, 0.4) is 0 Å². The van der Waals surface area contributed by atoms with Gasteiger partial charge in [0.1, 0.15) is 17.8 Å². The molecule has 0 amide bonds. The molecule has 1 N–H and O–H groups in total. The first-order chi connectivity index (χ1) is 10.8. The van der Waals surface area contributed by atoms with Crippen molar-refractivity contribution >= 4 is 22.8 Å². The van der Waals surface area contributed by atoms with Gasteiger partial charge < -0.3 is 14.6 Å². The van der Waals surface area contributed by atoms with E-state index in [-0.39, 0.29) is 0 Å². The van der Waals surface area contributed by atoms with Crippen LogP contribution in [-0.2, 0) is 17.7 Å². The number of aryl methyl sites for hydroxylation is 1. The van der Waals surface area contributed by atoms with E-state index in [4.69, 9.17) is 16.3 Å². The van der Waals surface area contributed by atoms with Gasteiger partial charge in [-0.05, 0) is 68.3 Å². The minimum atomic E-state index is -1.06. The molecule has 0 saturated heterocycles. The van der Waals surface area contributed by atoms with Gasteiger partial charge in [0.2, 0.25) is 0 Å². The third-order valence-corrected chi connectivity index (χ3v) is 5.39. The monoisotopic (exact) mass is 351 g/mol. The molecule has 0 aromatic heterocycles. The first-order valence-electron chi connectivity index (χ1n) is 7.40. The van der Waals surface area contributed by atoms with Crippen LogP contribution >= 0.6 is 11.6 Å². The predicted molar refractivity (Wildman–Crippen MR) is 97.3 cm³/mol. The maximum Gasteiger partial charge on any atom is 0.159 e. The zero-order valence-electron chi connectivity index (χ0n) is 14.1. The van der Waals surface area contributed by atoms with Gasteiger partial charge in [-0.3, -0.25) is 0 Å². The van der Waals surface area contributed by atoms with E-state index in [1.807, 2.05) is 52.1 Å². The number of hydrogen-bond acceptors (Lipinski definition) is 3. The average molecular weight is 352 g/mol. The van der Waals surface area contributed by atoms with Gasteiger partial charge in [0.15, 0.2) is 4.90 Å². The Bertz CT molecular complexity index is 717. The van der Waals surface area contributed by atoms with Crippen LogP contribution in [0.1, 0.15) is 22.3 Å². The van der Waals surface area contributed by atoms with Gasteiger partial charge in [-0.15, -0.1) is 0 Å². The zero-order valence-corrected chi connectivity index (χ0v) is 15.7. The van der Waals surface area contributed by atoms with Crippen molar-refractivity contribution in [3.8, 4) is 11.5 Å².